The standard InChI is InChI=1S/C35H54N2O8/c1-5-6-7-8-9-10-11-12-13-15-30(40)37(17-14-19-44-24(2)3)28-22-27(35(42)36-16-18-38)31-26-20-25(23-39)21-29(43-4)33(26)45-34(31)32(28)41/h20-24,28,31-32,34,38,41H,5-19H2,1-4H3,(H,36,42)/t28-,31+,32+,34+/m1/s1. The molecule has 2 amide bonds. The van der Waals surface area contributed by atoms with Crippen molar-refractivity contribution in [2.45, 2.75) is 122 Å². The number of nitrogens with zero attached hydrogens (tertiary/aromatic N) is 1. The lowest BCUT2D eigenvalue weighted by Crippen LogP contribution is -2.56. The maximum atomic E-state index is 13.8. The Labute approximate surface area is 268 Å². The third-order valence-electron chi connectivity index (χ3n) is 8.58. The van der Waals surface area contributed by atoms with Gasteiger partial charge < -0.3 is 34.6 Å². The van der Waals surface area contributed by atoms with Crippen molar-refractivity contribution in [3.05, 3.63) is 34.9 Å². The summed E-state index contributed by atoms with van der Waals surface area (Å²) in [6, 6.07) is 2.38. The van der Waals surface area contributed by atoms with E-state index in [4.69, 9.17) is 14.2 Å². The number of aliphatic hydroxyl groups is 2. The summed E-state index contributed by atoms with van der Waals surface area (Å²) in [5, 5.41) is 23.9. The number of hydrogen-bond donors (Lipinski definition) is 3. The minimum atomic E-state index is -1.15. The quantitative estimate of drug-likeness (QED) is 0.132. The number of fused-ring (bicyclic) bond motifs is 3. The second-order valence-electron chi connectivity index (χ2n) is 12.3. The zero-order valence-electron chi connectivity index (χ0n) is 27.6. The van der Waals surface area contributed by atoms with E-state index >= 15 is 0 Å². The molecule has 1 heterocycles. The molecule has 0 unspecified atom stereocenters. The normalized spacial score (nSPS) is 20.2. The van der Waals surface area contributed by atoms with Gasteiger partial charge in [0.05, 0.1) is 31.8 Å². The van der Waals surface area contributed by atoms with Gasteiger partial charge in [-0.3, -0.25) is 14.4 Å². The van der Waals surface area contributed by atoms with Gasteiger partial charge in [0, 0.05) is 42.8 Å². The number of ether oxygens (including phenoxy) is 3. The first kappa shape index (κ1) is 36.5. The van der Waals surface area contributed by atoms with Gasteiger partial charge in [-0.15, -0.1) is 0 Å². The summed E-state index contributed by atoms with van der Waals surface area (Å²) in [5.74, 6) is -0.536. The topological polar surface area (TPSA) is 135 Å². The number of aldehydes is 1. The molecule has 0 bridgehead atoms. The second-order valence-corrected chi connectivity index (χ2v) is 12.3. The van der Waals surface area contributed by atoms with Crippen molar-refractivity contribution >= 4 is 18.1 Å². The minimum Gasteiger partial charge on any atom is -0.493 e. The third-order valence-corrected chi connectivity index (χ3v) is 8.58. The van der Waals surface area contributed by atoms with E-state index in [0.717, 1.165) is 19.3 Å². The van der Waals surface area contributed by atoms with Crippen molar-refractivity contribution in [3.63, 3.8) is 0 Å². The van der Waals surface area contributed by atoms with Crippen LogP contribution in [0.5, 0.6) is 11.5 Å². The molecule has 4 atom stereocenters. The van der Waals surface area contributed by atoms with Gasteiger partial charge in [-0.2, -0.15) is 0 Å². The van der Waals surface area contributed by atoms with Crippen molar-refractivity contribution < 1.29 is 38.8 Å². The zero-order chi connectivity index (χ0) is 32.8. The van der Waals surface area contributed by atoms with E-state index in [-0.39, 0.29) is 25.2 Å². The van der Waals surface area contributed by atoms with Crippen molar-refractivity contribution in [3.8, 4) is 11.5 Å². The molecule has 0 saturated heterocycles. The van der Waals surface area contributed by atoms with Crippen molar-refractivity contribution in [1.82, 2.24) is 10.2 Å². The molecule has 10 nitrogen and oxygen atoms in total. The molecule has 1 aromatic rings. The Bertz CT molecular complexity index is 1140. The Morgan fingerprint density at radius 3 is 2.38 bits per heavy atom. The fraction of sp³-hybridized carbons (Fsp3) is 0.686. The molecule has 10 heteroatoms. The van der Waals surface area contributed by atoms with E-state index in [1.54, 1.807) is 23.1 Å². The zero-order valence-corrected chi connectivity index (χ0v) is 27.6. The number of amides is 2. The highest BCUT2D eigenvalue weighted by atomic mass is 16.5. The van der Waals surface area contributed by atoms with Gasteiger partial charge in [0.2, 0.25) is 11.8 Å². The SMILES string of the molecule is CCCCCCCCCCCC(=O)N(CCCOC(C)C)[C@@H]1C=C(C(=O)NCCO)[C@@H]2c3cc(C=O)cc(OC)c3O[C@@H]2[C@H]1O. The molecular weight excluding hydrogens is 576 g/mol. The molecule has 0 spiro atoms. The number of unbranched alkanes of at least 4 members (excludes halogenated alkanes) is 8. The Hall–Kier alpha value is -2.95. The Morgan fingerprint density at radius 1 is 1.07 bits per heavy atom. The highest BCUT2D eigenvalue weighted by molar-refractivity contribution is 5.96. The van der Waals surface area contributed by atoms with Crippen molar-refractivity contribution in [1.29, 1.82) is 0 Å². The van der Waals surface area contributed by atoms with Gasteiger partial charge in [-0.05, 0) is 44.9 Å². The Kier molecular flexibility index (Phi) is 15.3. The summed E-state index contributed by atoms with van der Waals surface area (Å²) in [7, 11) is 1.46. The molecular formula is C35H54N2O8. The average molecular weight is 631 g/mol. The first-order valence-corrected chi connectivity index (χ1v) is 16.8. The molecule has 1 aromatic carbocycles. The first-order chi connectivity index (χ1) is 21.8. The van der Waals surface area contributed by atoms with E-state index in [0.29, 0.717) is 60.5 Å². The van der Waals surface area contributed by atoms with Gasteiger partial charge >= 0.3 is 0 Å². The van der Waals surface area contributed by atoms with Gasteiger partial charge in [-0.1, -0.05) is 58.3 Å². The molecule has 1 aliphatic carbocycles. The monoisotopic (exact) mass is 630 g/mol. The smallest absolute Gasteiger partial charge is 0.247 e. The summed E-state index contributed by atoms with van der Waals surface area (Å²) < 4.78 is 17.5. The van der Waals surface area contributed by atoms with Crippen LogP contribution in [-0.4, -0.2) is 91.0 Å². The lowest BCUT2D eigenvalue weighted by molar-refractivity contribution is -0.137. The second kappa shape index (κ2) is 18.9. The summed E-state index contributed by atoms with van der Waals surface area (Å²) in [4.78, 5) is 40.7. The van der Waals surface area contributed by atoms with Crippen LogP contribution in [0.4, 0.5) is 0 Å². The van der Waals surface area contributed by atoms with E-state index in [1.807, 2.05) is 13.8 Å². The highest BCUT2D eigenvalue weighted by Gasteiger charge is 2.51. The van der Waals surface area contributed by atoms with Crippen LogP contribution in [0.3, 0.4) is 0 Å². The predicted octanol–water partition coefficient (Wildman–Crippen LogP) is 4.69. The van der Waals surface area contributed by atoms with E-state index in [9.17, 15) is 24.6 Å². The van der Waals surface area contributed by atoms with Crippen LogP contribution in [-0.2, 0) is 14.3 Å². The number of carbonyl (C=O) groups excluding carboxylic acids is 3. The molecule has 2 aliphatic rings. The van der Waals surface area contributed by atoms with E-state index < -0.39 is 30.1 Å². The predicted molar refractivity (Wildman–Crippen MR) is 173 cm³/mol. The number of aliphatic hydroxyl groups excluding tert-OH is 2. The summed E-state index contributed by atoms with van der Waals surface area (Å²) in [6.07, 6.45) is 11.5. The summed E-state index contributed by atoms with van der Waals surface area (Å²) in [5.41, 5.74) is 1.22. The van der Waals surface area contributed by atoms with Crippen LogP contribution in [0.2, 0.25) is 0 Å². The van der Waals surface area contributed by atoms with Crippen LogP contribution in [0.15, 0.2) is 23.8 Å². The van der Waals surface area contributed by atoms with Gasteiger partial charge in [-0.25, -0.2) is 0 Å². The van der Waals surface area contributed by atoms with E-state index in [1.165, 1.54) is 45.6 Å². The molecule has 0 fully saturated rings. The Balaban J connectivity index is 1.85. The van der Waals surface area contributed by atoms with Crippen LogP contribution in [0.1, 0.15) is 113 Å². The van der Waals surface area contributed by atoms with Gasteiger partial charge in [0.25, 0.3) is 0 Å². The molecule has 45 heavy (non-hydrogen) atoms. The summed E-state index contributed by atoms with van der Waals surface area (Å²) in [6.45, 7) is 6.72. The van der Waals surface area contributed by atoms with Gasteiger partial charge in [0.1, 0.15) is 18.5 Å². The van der Waals surface area contributed by atoms with Crippen molar-refractivity contribution in [2.24, 2.45) is 0 Å². The number of carbonyl (C=O) groups is 3. The molecule has 0 aromatic heterocycles. The van der Waals surface area contributed by atoms with Crippen LogP contribution in [0.25, 0.3) is 0 Å². The lowest BCUT2D eigenvalue weighted by Gasteiger charge is -2.41. The lowest BCUT2D eigenvalue weighted by atomic mass is 9.77. The first-order valence-electron chi connectivity index (χ1n) is 16.8. The fourth-order valence-electron chi connectivity index (χ4n) is 6.28. The average Bonchev–Trinajstić information content (AvgIpc) is 3.42. The highest BCUT2D eigenvalue weighted by Crippen LogP contribution is 2.51. The molecule has 1 aliphatic heterocycles. The number of benzene rings is 1. The van der Waals surface area contributed by atoms with Crippen molar-refractivity contribution in [2.75, 3.05) is 33.4 Å². The molecule has 252 valence electrons. The fourth-order valence-corrected chi connectivity index (χ4v) is 6.28. The molecule has 3 N–H and O–H groups in total. The summed E-state index contributed by atoms with van der Waals surface area (Å²) >= 11 is 0. The van der Waals surface area contributed by atoms with Crippen LogP contribution >= 0.6 is 0 Å². The largest absolute Gasteiger partial charge is 0.493 e. The maximum absolute atomic E-state index is 13.8. The maximum Gasteiger partial charge on any atom is 0.247 e. The number of nitrogens with one attached hydrogen (secondary N) is 1. The molecule has 0 radical (unpaired) electrons. The number of rotatable bonds is 21. The number of methoxy groups -OCH3 is 1. The molecule has 3 rings (SSSR count). The van der Waals surface area contributed by atoms with Gasteiger partial charge in [0.15, 0.2) is 11.5 Å². The van der Waals surface area contributed by atoms with Crippen LogP contribution in [0, 0.1) is 0 Å². The minimum absolute atomic E-state index is 0.0416. The van der Waals surface area contributed by atoms with E-state index in [2.05, 4.69) is 12.2 Å². The number of hydrogen-bond acceptors (Lipinski definition) is 8. The van der Waals surface area contributed by atoms with Crippen LogP contribution < -0.4 is 14.8 Å². The molecule has 0 saturated carbocycles. The third kappa shape index (κ3) is 10.0. The Morgan fingerprint density at radius 2 is 1.76 bits per heavy atom.